The summed E-state index contributed by atoms with van der Waals surface area (Å²) in [7, 11) is 1.84. The predicted molar refractivity (Wildman–Crippen MR) is 112 cm³/mol. The molecule has 1 saturated heterocycles. The van der Waals surface area contributed by atoms with Crippen molar-refractivity contribution in [3.63, 3.8) is 0 Å². The van der Waals surface area contributed by atoms with E-state index in [2.05, 4.69) is 27.4 Å². The molecule has 2 N–H and O–H groups in total. The van der Waals surface area contributed by atoms with Crippen LogP contribution in [0, 0.1) is 11.8 Å². The lowest BCUT2D eigenvalue weighted by Gasteiger charge is -2.30. The van der Waals surface area contributed by atoms with Gasteiger partial charge in [-0.05, 0) is 70.0 Å². The fourth-order valence-electron chi connectivity index (χ4n) is 2.93. The highest BCUT2D eigenvalue weighted by molar-refractivity contribution is 14.0. The van der Waals surface area contributed by atoms with Crippen LogP contribution in [0.1, 0.15) is 45.4 Å². The molecule has 0 aromatic carbocycles. The van der Waals surface area contributed by atoms with Gasteiger partial charge >= 0.3 is 0 Å². The number of hydrogen-bond donors (Lipinski definition) is 2. The lowest BCUT2D eigenvalue weighted by Crippen LogP contribution is -2.40. The van der Waals surface area contributed by atoms with Crippen molar-refractivity contribution in [2.24, 2.45) is 16.8 Å². The number of halogens is 1. The van der Waals surface area contributed by atoms with Crippen LogP contribution >= 0.6 is 24.0 Å². The van der Waals surface area contributed by atoms with E-state index >= 15 is 0 Å². The second kappa shape index (κ2) is 13.2. The Labute approximate surface area is 165 Å². The fraction of sp³-hybridized carbons (Fsp3) is 0.944. The number of rotatable bonds is 10. The first kappa shape index (κ1) is 22.0. The second-order valence-corrected chi connectivity index (χ2v) is 7.18. The molecule has 1 aliphatic carbocycles. The van der Waals surface area contributed by atoms with Crippen LogP contribution in [0.4, 0.5) is 0 Å². The molecule has 2 fully saturated rings. The minimum atomic E-state index is 0. The molecular weight excluding hydrogens is 415 g/mol. The Hall–Kier alpha value is -0.0800. The molecule has 0 aromatic heterocycles. The van der Waals surface area contributed by atoms with Gasteiger partial charge in [-0.1, -0.05) is 6.92 Å². The van der Waals surface area contributed by atoms with E-state index in [1.54, 1.807) is 0 Å². The summed E-state index contributed by atoms with van der Waals surface area (Å²) in [6.07, 6.45) is 7.68. The van der Waals surface area contributed by atoms with Crippen molar-refractivity contribution in [1.82, 2.24) is 15.5 Å². The summed E-state index contributed by atoms with van der Waals surface area (Å²) in [5, 5.41) is 6.77. The number of likely N-dealkylation sites (tertiary alicyclic amines) is 1. The normalized spacial score (nSPS) is 19.8. The molecule has 0 amide bonds. The van der Waals surface area contributed by atoms with Crippen molar-refractivity contribution in [1.29, 1.82) is 0 Å². The zero-order valence-electron chi connectivity index (χ0n) is 15.6. The fourth-order valence-corrected chi connectivity index (χ4v) is 2.93. The standard InChI is InChI=1S/C18H36N4O.HI/c1-16-7-12-22(13-8-16)11-3-9-20-18(19-2)21-10-4-14-23-15-17-5-6-17;/h16-17H,3-15H2,1-2H3,(H2,19,20,21);1H. The van der Waals surface area contributed by atoms with Crippen LogP contribution in [0.25, 0.3) is 0 Å². The predicted octanol–water partition coefficient (Wildman–Crippen LogP) is 2.71. The van der Waals surface area contributed by atoms with E-state index in [1.165, 1.54) is 51.7 Å². The molecule has 1 saturated carbocycles. The van der Waals surface area contributed by atoms with Crippen LogP contribution in [0.15, 0.2) is 4.99 Å². The van der Waals surface area contributed by atoms with Gasteiger partial charge in [0, 0.05) is 33.4 Å². The third-order valence-corrected chi connectivity index (χ3v) is 4.85. The van der Waals surface area contributed by atoms with Crippen LogP contribution in [-0.4, -0.2) is 63.8 Å². The van der Waals surface area contributed by atoms with Crippen LogP contribution in [0.2, 0.25) is 0 Å². The second-order valence-electron chi connectivity index (χ2n) is 7.18. The third-order valence-electron chi connectivity index (χ3n) is 4.85. The summed E-state index contributed by atoms with van der Waals surface area (Å²) in [6, 6.07) is 0. The summed E-state index contributed by atoms with van der Waals surface area (Å²) in [5.41, 5.74) is 0. The first-order valence-corrected chi connectivity index (χ1v) is 9.52. The van der Waals surface area contributed by atoms with Crippen LogP contribution in [0.3, 0.4) is 0 Å². The maximum atomic E-state index is 5.64. The molecule has 1 aliphatic heterocycles. The van der Waals surface area contributed by atoms with Crippen LogP contribution in [0.5, 0.6) is 0 Å². The van der Waals surface area contributed by atoms with Gasteiger partial charge in [0.15, 0.2) is 5.96 Å². The Kier molecular flexibility index (Phi) is 12.0. The molecule has 5 nitrogen and oxygen atoms in total. The molecule has 2 aliphatic rings. The Balaban J connectivity index is 0.00000288. The van der Waals surface area contributed by atoms with Crippen molar-refractivity contribution in [3.8, 4) is 0 Å². The van der Waals surface area contributed by atoms with Crippen LogP contribution < -0.4 is 10.6 Å². The maximum absolute atomic E-state index is 5.64. The molecule has 0 atom stereocenters. The van der Waals surface area contributed by atoms with Crippen molar-refractivity contribution >= 4 is 29.9 Å². The topological polar surface area (TPSA) is 48.9 Å². The van der Waals surface area contributed by atoms with E-state index in [0.29, 0.717) is 0 Å². The monoisotopic (exact) mass is 452 g/mol. The SMILES string of the molecule is CN=C(NCCCOCC1CC1)NCCCN1CCC(C)CC1.I. The number of nitrogens with one attached hydrogen (secondary N) is 2. The highest BCUT2D eigenvalue weighted by Crippen LogP contribution is 2.28. The molecule has 24 heavy (non-hydrogen) atoms. The third kappa shape index (κ3) is 10.0. The number of hydrogen-bond acceptors (Lipinski definition) is 3. The van der Waals surface area contributed by atoms with E-state index in [9.17, 15) is 0 Å². The summed E-state index contributed by atoms with van der Waals surface area (Å²) in [4.78, 5) is 6.87. The number of piperidine rings is 1. The Morgan fingerprint density at radius 2 is 1.75 bits per heavy atom. The average Bonchev–Trinajstić information content (AvgIpc) is 3.38. The van der Waals surface area contributed by atoms with Crippen molar-refractivity contribution in [2.45, 2.75) is 45.4 Å². The zero-order chi connectivity index (χ0) is 16.3. The van der Waals surface area contributed by atoms with Gasteiger partial charge in [0.1, 0.15) is 0 Å². The smallest absolute Gasteiger partial charge is 0.190 e. The first-order chi connectivity index (χ1) is 11.3. The molecular formula is C18H37IN4O. The van der Waals surface area contributed by atoms with Crippen LogP contribution in [-0.2, 0) is 4.74 Å². The highest BCUT2D eigenvalue weighted by atomic mass is 127. The van der Waals surface area contributed by atoms with E-state index in [1.807, 2.05) is 7.05 Å². The molecule has 2 rings (SSSR count). The number of aliphatic imine (C=N–C) groups is 1. The molecule has 142 valence electrons. The molecule has 0 bridgehead atoms. The lowest BCUT2D eigenvalue weighted by atomic mass is 9.99. The van der Waals surface area contributed by atoms with Gasteiger partial charge in [-0.3, -0.25) is 4.99 Å². The van der Waals surface area contributed by atoms with Gasteiger partial charge in [-0.2, -0.15) is 0 Å². The molecule has 6 heteroatoms. The zero-order valence-corrected chi connectivity index (χ0v) is 17.9. The van der Waals surface area contributed by atoms with E-state index in [0.717, 1.165) is 50.5 Å². The Bertz CT molecular complexity index is 342. The maximum Gasteiger partial charge on any atom is 0.190 e. The average molecular weight is 452 g/mol. The van der Waals surface area contributed by atoms with Gasteiger partial charge in [0.05, 0.1) is 0 Å². The van der Waals surface area contributed by atoms with E-state index < -0.39 is 0 Å². The highest BCUT2D eigenvalue weighted by Gasteiger charge is 2.20. The summed E-state index contributed by atoms with van der Waals surface area (Å²) >= 11 is 0. The van der Waals surface area contributed by atoms with Gasteiger partial charge < -0.3 is 20.3 Å². The van der Waals surface area contributed by atoms with E-state index in [-0.39, 0.29) is 24.0 Å². The largest absolute Gasteiger partial charge is 0.381 e. The first-order valence-electron chi connectivity index (χ1n) is 9.52. The Morgan fingerprint density at radius 3 is 2.38 bits per heavy atom. The number of nitrogens with zero attached hydrogens (tertiary/aromatic N) is 2. The minimum Gasteiger partial charge on any atom is -0.381 e. The van der Waals surface area contributed by atoms with Crippen molar-refractivity contribution in [2.75, 3.05) is 53.0 Å². The quantitative estimate of drug-likeness (QED) is 0.232. The molecule has 0 spiro atoms. The molecule has 0 unspecified atom stereocenters. The minimum absolute atomic E-state index is 0. The number of ether oxygens (including phenoxy) is 1. The molecule has 0 radical (unpaired) electrons. The lowest BCUT2D eigenvalue weighted by molar-refractivity contribution is 0.123. The van der Waals surface area contributed by atoms with Crippen molar-refractivity contribution < 1.29 is 4.74 Å². The molecule has 0 aromatic rings. The van der Waals surface area contributed by atoms with Gasteiger partial charge in [0.25, 0.3) is 0 Å². The Morgan fingerprint density at radius 1 is 1.08 bits per heavy atom. The van der Waals surface area contributed by atoms with Gasteiger partial charge in [0.2, 0.25) is 0 Å². The van der Waals surface area contributed by atoms with E-state index in [4.69, 9.17) is 4.74 Å². The summed E-state index contributed by atoms with van der Waals surface area (Å²) in [6.45, 7) is 9.84. The molecule has 1 heterocycles. The van der Waals surface area contributed by atoms with Crippen molar-refractivity contribution in [3.05, 3.63) is 0 Å². The summed E-state index contributed by atoms with van der Waals surface area (Å²) in [5.74, 6) is 2.70. The number of guanidine groups is 1. The van der Waals surface area contributed by atoms with Gasteiger partial charge in [-0.15, -0.1) is 24.0 Å². The summed E-state index contributed by atoms with van der Waals surface area (Å²) < 4.78 is 5.64. The van der Waals surface area contributed by atoms with Gasteiger partial charge in [-0.25, -0.2) is 0 Å².